The molecular weight excluding hydrogens is 298 g/mol. The Morgan fingerprint density at radius 2 is 2.13 bits per heavy atom. The normalized spacial score (nSPS) is 20.4. The molecule has 7 heteroatoms. The van der Waals surface area contributed by atoms with Crippen LogP contribution < -0.4 is 20.1 Å². The second-order valence-electron chi connectivity index (χ2n) is 5.61. The molecule has 2 aliphatic rings. The first-order chi connectivity index (χ1) is 11.2. The Balaban J connectivity index is 1.41. The van der Waals surface area contributed by atoms with Gasteiger partial charge in [0.05, 0.1) is 0 Å². The summed E-state index contributed by atoms with van der Waals surface area (Å²) in [4.78, 5) is 25.0. The molecule has 23 heavy (non-hydrogen) atoms. The molecule has 7 nitrogen and oxygen atoms in total. The highest BCUT2D eigenvalue weighted by Crippen LogP contribution is 2.31. The molecule has 1 unspecified atom stereocenters. The molecule has 1 aromatic rings. The van der Waals surface area contributed by atoms with Crippen LogP contribution in [0.2, 0.25) is 0 Å². The van der Waals surface area contributed by atoms with E-state index in [1.165, 1.54) is 0 Å². The van der Waals surface area contributed by atoms with Crippen molar-refractivity contribution in [2.45, 2.75) is 18.9 Å². The molecule has 0 aliphatic carbocycles. The molecule has 0 aromatic heterocycles. The van der Waals surface area contributed by atoms with Crippen LogP contribution in [-0.4, -0.2) is 55.7 Å². The van der Waals surface area contributed by atoms with Gasteiger partial charge in [-0.25, -0.2) is 4.79 Å². The van der Waals surface area contributed by atoms with Crippen LogP contribution in [0.3, 0.4) is 0 Å². The molecule has 1 saturated heterocycles. The summed E-state index contributed by atoms with van der Waals surface area (Å²) in [7, 11) is 0. The maximum absolute atomic E-state index is 12.1. The molecule has 2 aliphatic heterocycles. The SMILES string of the molecule is O=C1CCN(C(=O)NCCC2COc3ccccc3O2)CCN1. The summed E-state index contributed by atoms with van der Waals surface area (Å²) in [5.41, 5.74) is 0. The van der Waals surface area contributed by atoms with Crippen LogP contribution in [0.4, 0.5) is 4.79 Å². The molecule has 1 fully saturated rings. The first kappa shape index (κ1) is 15.5. The van der Waals surface area contributed by atoms with Crippen LogP contribution in [0.15, 0.2) is 24.3 Å². The number of nitrogens with zero attached hydrogens (tertiary/aromatic N) is 1. The van der Waals surface area contributed by atoms with Gasteiger partial charge in [-0.05, 0) is 12.1 Å². The van der Waals surface area contributed by atoms with Gasteiger partial charge in [-0.3, -0.25) is 4.79 Å². The van der Waals surface area contributed by atoms with Crippen molar-refractivity contribution in [1.82, 2.24) is 15.5 Å². The molecule has 0 radical (unpaired) electrons. The number of rotatable bonds is 3. The Morgan fingerprint density at radius 3 is 3.00 bits per heavy atom. The van der Waals surface area contributed by atoms with Crippen LogP contribution in [0.1, 0.15) is 12.8 Å². The number of benzene rings is 1. The maximum atomic E-state index is 12.1. The monoisotopic (exact) mass is 319 g/mol. The number of carbonyl (C=O) groups excluding carboxylic acids is 2. The van der Waals surface area contributed by atoms with Gasteiger partial charge in [0.25, 0.3) is 0 Å². The maximum Gasteiger partial charge on any atom is 0.317 e. The van der Waals surface area contributed by atoms with Gasteiger partial charge in [-0.15, -0.1) is 0 Å². The highest BCUT2D eigenvalue weighted by molar-refractivity contribution is 5.79. The standard InChI is InChI=1S/C16H21N3O4/c20-15-6-9-19(10-8-17-15)16(21)18-7-5-12-11-22-13-3-1-2-4-14(13)23-12/h1-4,12H,5-11H2,(H,17,20)(H,18,21). The van der Waals surface area contributed by atoms with E-state index in [-0.39, 0.29) is 18.0 Å². The second kappa shape index (κ2) is 7.21. The molecule has 0 saturated carbocycles. The minimum absolute atomic E-state index is 0.00767. The van der Waals surface area contributed by atoms with Gasteiger partial charge in [0, 0.05) is 39.0 Å². The Labute approximate surface area is 134 Å². The number of fused-ring (bicyclic) bond motifs is 1. The van der Waals surface area contributed by atoms with Gasteiger partial charge in [0.15, 0.2) is 11.5 Å². The first-order valence-electron chi connectivity index (χ1n) is 7.90. The minimum atomic E-state index is -0.140. The number of ether oxygens (including phenoxy) is 2. The molecule has 1 aromatic carbocycles. The average molecular weight is 319 g/mol. The van der Waals surface area contributed by atoms with Crippen molar-refractivity contribution in [2.75, 3.05) is 32.8 Å². The summed E-state index contributed by atoms with van der Waals surface area (Å²) >= 11 is 0. The van der Waals surface area contributed by atoms with Gasteiger partial charge in [0.1, 0.15) is 12.7 Å². The Morgan fingerprint density at radius 1 is 1.30 bits per heavy atom. The average Bonchev–Trinajstić information content (AvgIpc) is 2.79. The van der Waals surface area contributed by atoms with Crippen molar-refractivity contribution in [3.05, 3.63) is 24.3 Å². The number of nitrogens with one attached hydrogen (secondary N) is 2. The number of para-hydroxylation sites is 2. The number of carbonyl (C=O) groups is 2. The lowest BCUT2D eigenvalue weighted by atomic mass is 10.2. The lowest BCUT2D eigenvalue weighted by molar-refractivity contribution is -0.120. The fourth-order valence-electron chi connectivity index (χ4n) is 2.63. The quantitative estimate of drug-likeness (QED) is 0.861. The van der Waals surface area contributed by atoms with E-state index in [1.807, 2.05) is 24.3 Å². The van der Waals surface area contributed by atoms with Crippen molar-refractivity contribution in [2.24, 2.45) is 0 Å². The lowest BCUT2D eigenvalue weighted by Crippen LogP contribution is -2.43. The summed E-state index contributed by atoms with van der Waals surface area (Å²) in [6.07, 6.45) is 0.951. The largest absolute Gasteiger partial charge is 0.486 e. The molecular formula is C16H21N3O4. The van der Waals surface area contributed by atoms with Crippen molar-refractivity contribution in [1.29, 1.82) is 0 Å². The molecule has 2 heterocycles. The highest BCUT2D eigenvalue weighted by Gasteiger charge is 2.22. The van der Waals surface area contributed by atoms with Gasteiger partial charge in [-0.2, -0.15) is 0 Å². The summed E-state index contributed by atoms with van der Waals surface area (Å²) < 4.78 is 11.5. The van der Waals surface area contributed by atoms with Gasteiger partial charge >= 0.3 is 6.03 Å². The van der Waals surface area contributed by atoms with Crippen LogP contribution in [-0.2, 0) is 4.79 Å². The number of hydrogen-bond acceptors (Lipinski definition) is 4. The fourth-order valence-corrected chi connectivity index (χ4v) is 2.63. The third-order valence-electron chi connectivity index (χ3n) is 3.91. The Kier molecular flexibility index (Phi) is 4.85. The fraction of sp³-hybridized carbons (Fsp3) is 0.500. The number of hydrogen-bond donors (Lipinski definition) is 2. The molecule has 0 bridgehead atoms. The summed E-state index contributed by atoms with van der Waals surface area (Å²) in [5.74, 6) is 1.49. The van der Waals surface area contributed by atoms with Gasteiger partial charge in [0.2, 0.25) is 5.91 Å². The first-order valence-corrected chi connectivity index (χ1v) is 7.90. The molecule has 3 rings (SSSR count). The second-order valence-corrected chi connectivity index (χ2v) is 5.61. The summed E-state index contributed by atoms with van der Waals surface area (Å²) in [5, 5.41) is 5.63. The third-order valence-corrected chi connectivity index (χ3v) is 3.91. The zero-order chi connectivity index (χ0) is 16.1. The van der Waals surface area contributed by atoms with E-state index >= 15 is 0 Å². The zero-order valence-electron chi connectivity index (χ0n) is 12.9. The molecule has 2 N–H and O–H groups in total. The van der Waals surface area contributed by atoms with Crippen LogP contribution in [0, 0.1) is 0 Å². The molecule has 124 valence electrons. The summed E-state index contributed by atoms with van der Waals surface area (Å²) in [6.45, 7) is 2.48. The van der Waals surface area contributed by atoms with Crippen LogP contribution in [0.25, 0.3) is 0 Å². The van der Waals surface area contributed by atoms with E-state index in [2.05, 4.69) is 10.6 Å². The van der Waals surface area contributed by atoms with Gasteiger partial charge in [-0.1, -0.05) is 12.1 Å². The smallest absolute Gasteiger partial charge is 0.317 e. The number of urea groups is 1. The van der Waals surface area contributed by atoms with Gasteiger partial charge < -0.3 is 25.0 Å². The van der Waals surface area contributed by atoms with Crippen molar-refractivity contribution >= 4 is 11.9 Å². The van der Waals surface area contributed by atoms with Crippen molar-refractivity contribution in [3.63, 3.8) is 0 Å². The molecule has 0 spiro atoms. The Bertz CT molecular complexity index is 578. The van der Waals surface area contributed by atoms with Crippen LogP contribution in [0.5, 0.6) is 11.5 Å². The predicted molar refractivity (Wildman–Crippen MR) is 83.6 cm³/mol. The van der Waals surface area contributed by atoms with E-state index < -0.39 is 0 Å². The van der Waals surface area contributed by atoms with E-state index in [4.69, 9.17) is 9.47 Å². The van der Waals surface area contributed by atoms with E-state index in [1.54, 1.807) is 4.90 Å². The van der Waals surface area contributed by atoms with E-state index in [9.17, 15) is 9.59 Å². The van der Waals surface area contributed by atoms with Crippen molar-refractivity contribution < 1.29 is 19.1 Å². The van der Waals surface area contributed by atoms with E-state index in [0.29, 0.717) is 45.6 Å². The van der Waals surface area contributed by atoms with Crippen molar-refractivity contribution in [3.8, 4) is 11.5 Å². The highest BCUT2D eigenvalue weighted by atomic mass is 16.6. The summed E-state index contributed by atoms with van der Waals surface area (Å²) in [6, 6.07) is 7.42. The minimum Gasteiger partial charge on any atom is -0.486 e. The predicted octanol–water partition coefficient (Wildman–Crippen LogP) is 0.748. The van der Waals surface area contributed by atoms with E-state index in [0.717, 1.165) is 11.5 Å². The Hall–Kier alpha value is -2.44. The third kappa shape index (κ3) is 4.06. The topological polar surface area (TPSA) is 79.9 Å². The molecule has 3 amide bonds. The zero-order valence-corrected chi connectivity index (χ0v) is 12.9. The number of amides is 3. The molecule has 1 atom stereocenters. The van der Waals surface area contributed by atoms with Crippen LogP contribution >= 0.6 is 0 Å². The lowest BCUT2D eigenvalue weighted by Gasteiger charge is -2.27.